The molecule has 0 atom stereocenters. The first-order chi connectivity index (χ1) is 7.38. The molecule has 3 nitrogen and oxygen atoms in total. The number of rotatable bonds is 0. The third-order valence-corrected chi connectivity index (χ3v) is 3.21. The molecule has 0 saturated carbocycles. The molecule has 0 amide bonds. The third kappa shape index (κ3) is 1.30. The van der Waals surface area contributed by atoms with Gasteiger partial charge in [-0.2, -0.15) is 0 Å². The zero-order valence-corrected chi connectivity index (χ0v) is 8.49. The maximum atomic E-state index is 8.93. The minimum absolute atomic E-state index is 0.782. The SMILES string of the molecule is O/N=C1/CCCc2cc3c(cc21)OCC3. The number of aryl methyl sites for hydroxylation is 1. The second-order valence-electron chi connectivity index (χ2n) is 4.12. The molecule has 0 radical (unpaired) electrons. The Balaban J connectivity index is 2.16. The highest BCUT2D eigenvalue weighted by atomic mass is 16.5. The molecule has 0 spiro atoms. The molecule has 1 N–H and O–H groups in total. The van der Waals surface area contributed by atoms with Gasteiger partial charge in [-0.05, 0) is 36.5 Å². The van der Waals surface area contributed by atoms with Crippen molar-refractivity contribution in [1.29, 1.82) is 0 Å². The fourth-order valence-corrected chi connectivity index (χ4v) is 2.44. The number of ether oxygens (including phenoxy) is 1. The van der Waals surface area contributed by atoms with Crippen LogP contribution >= 0.6 is 0 Å². The second kappa shape index (κ2) is 3.26. The molecule has 3 rings (SSSR count). The van der Waals surface area contributed by atoms with E-state index < -0.39 is 0 Å². The van der Waals surface area contributed by atoms with Crippen molar-refractivity contribution in [1.82, 2.24) is 0 Å². The molecule has 0 fully saturated rings. The van der Waals surface area contributed by atoms with Crippen LogP contribution in [0.2, 0.25) is 0 Å². The molecule has 15 heavy (non-hydrogen) atoms. The first-order valence-electron chi connectivity index (χ1n) is 5.38. The summed E-state index contributed by atoms with van der Waals surface area (Å²) >= 11 is 0. The average Bonchev–Trinajstić information content (AvgIpc) is 2.72. The van der Waals surface area contributed by atoms with Crippen molar-refractivity contribution in [3.05, 3.63) is 28.8 Å². The van der Waals surface area contributed by atoms with Gasteiger partial charge in [-0.3, -0.25) is 0 Å². The highest BCUT2D eigenvalue weighted by Crippen LogP contribution is 2.32. The highest BCUT2D eigenvalue weighted by molar-refractivity contribution is 6.02. The van der Waals surface area contributed by atoms with E-state index in [1.165, 1.54) is 11.1 Å². The quantitative estimate of drug-likeness (QED) is 0.518. The zero-order chi connectivity index (χ0) is 10.3. The predicted octanol–water partition coefficient (Wildman–Crippen LogP) is 2.14. The summed E-state index contributed by atoms with van der Waals surface area (Å²) in [4.78, 5) is 0. The molecule has 1 heterocycles. The van der Waals surface area contributed by atoms with Crippen LogP contribution in [0, 0.1) is 0 Å². The molecule has 0 aromatic heterocycles. The first kappa shape index (κ1) is 8.77. The van der Waals surface area contributed by atoms with Crippen LogP contribution in [-0.4, -0.2) is 17.5 Å². The van der Waals surface area contributed by atoms with Gasteiger partial charge in [0.2, 0.25) is 0 Å². The van der Waals surface area contributed by atoms with Crippen LogP contribution in [0.3, 0.4) is 0 Å². The van der Waals surface area contributed by atoms with Gasteiger partial charge in [0, 0.05) is 12.0 Å². The van der Waals surface area contributed by atoms with E-state index in [2.05, 4.69) is 11.2 Å². The van der Waals surface area contributed by atoms with Crippen molar-refractivity contribution in [3.63, 3.8) is 0 Å². The molecular weight excluding hydrogens is 190 g/mol. The normalized spacial score (nSPS) is 20.9. The molecule has 1 aromatic carbocycles. The van der Waals surface area contributed by atoms with Gasteiger partial charge in [-0.1, -0.05) is 11.2 Å². The lowest BCUT2D eigenvalue weighted by atomic mass is 9.88. The Labute approximate surface area is 88.4 Å². The van der Waals surface area contributed by atoms with Crippen LogP contribution in [0.4, 0.5) is 0 Å². The van der Waals surface area contributed by atoms with Gasteiger partial charge in [0.15, 0.2) is 0 Å². The molecule has 0 unspecified atom stereocenters. The Morgan fingerprint density at radius 3 is 2.93 bits per heavy atom. The summed E-state index contributed by atoms with van der Waals surface area (Å²) in [5, 5.41) is 12.3. The number of hydrogen-bond donors (Lipinski definition) is 1. The van der Waals surface area contributed by atoms with Crippen molar-refractivity contribution < 1.29 is 9.94 Å². The minimum atomic E-state index is 0.782. The van der Waals surface area contributed by atoms with Crippen molar-refractivity contribution in [2.75, 3.05) is 6.61 Å². The van der Waals surface area contributed by atoms with E-state index in [0.29, 0.717) is 0 Å². The lowest BCUT2D eigenvalue weighted by molar-refractivity contribution is 0.317. The van der Waals surface area contributed by atoms with Gasteiger partial charge in [-0.15, -0.1) is 0 Å². The summed E-state index contributed by atoms with van der Waals surface area (Å²) in [6.45, 7) is 0.782. The maximum absolute atomic E-state index is 8.93. The molecule has 1 aromatic rings. The van der Waals surface area contributed by atoms with Crippen LogP contribution in [0.25, 0.3) is 0 Å². The Morgan fingerprint density at radius 2 is 2.07 bits per heavy atom. The summed E-state index contributed by atoms with van der Waals surface area (Å²) in [7, 11) is 0. The monoisotopic (exact) mass is 203 g/mol. The molecule has 0 bridgehead atoms. The van der Waals surface area contributed by atoms with Crippen molar-refractivity contribution in [2.45, 2.75) is 25.7 Å². The smallest absolute Gasteiger partial charge is 0.123 e. The third-order valence-electron chi connectivity index (χ3n) is 3.21. The minimum Gasteiger partial charge on any atom is -0.493 e. The van der Waals surface area contributed by atoms with Gasteiger partial charge >= 0.3 is 0 Å². The van der Waals surface area contributed by atoms with E-state index >= 15 is 0 Å². The highest BCUT2D eigenvalue weighted by Gasteiger charge is 2.21. The van der Waals surface area contributed by atoms with E-state index in [9.17, 15) is 0 Å². The van der Waals surface area contributed by atoms with Gasteiger partial charge in [-0.25, -0.2) is 0 Å². The van der Waals surface area contributed by atoms with Crippen LogP contribution in [0.15, 0.2) is 17.3 Å². The molecule has 78 valence electrons. The van der Waals surface area contributed by atoms with E-state index in [0.717, 1.165) is 49.3 Å². The summed E-state index contributed by atoms with van der Waals surface area (Å²) in [5.41, 5.74) is 4.48. The largest absolute Gasteiger partial charge is 0.493 e. The Kier molecular flexibility index (Phi) is 1.91. The standard InChI is InChI=1S/C12H13NO2/c14-13-11-3-1-2-8-6-9-4-5-15-12(9)7-10(8)11/h6-7,14H,1-5H2/b13-11-. The lowest BCUT2D eigenvalue weighted by Gasteiger charge is -2.17. The zero-order valence-electron chi connectivity index (χ0n) is 8.49. The Bertz CT molecular complexity index is 437. The molecule has 2 aliphatic rings. The molecule has 1 aliphatic heterocycles. The number of nitrogens with zero attached hydrogens (tertiary/aromatic N) is 1. The van der Waals surface area contributed by atoms with Crippen LogP contribution in [0.5, 0.6) is 5.75 Å². The Morgan fingerprint density at radius 1 is 1.13 bits per heavy atom. The number of oxime groups is 1. The van der Waals surface area contributed by atoms with Gasteiger partial charge < -0.3 is 9.94 Å². The molecule has 0 saturated heterocycles. The first-order valence-corrected chi connectivity index (χ1v) is 5.38. The van der Waals surface area contributed by atoms with Gasteiger partial charge in [0.1, 0.15) is 5.75 Å². The summed E-state index contributed by atoms with van der Waals surface area (Å²) in [5.74, 6) is 0.969. The molecule has 1 aliphatic carbocycles. The number of benzene rings is 1. The van der Waals surface area contributed by atoms with E-state index in [-0.39, 0.29) is 0 Å². The topological polar surface area (TPSA) is 41.8 Å². The van der Waals surface area contributed by atoms with Gasteiger partial charge in [0.25, 0.3) is 0 Å². The number of fused-ring (bicyclic) bond motifs is 2. The van der Waals surface area contributed by atoms with E-state index in [1.54, 1.807) is 0 Å². The van der Waals surface area contributed by atoms with Crippen molar-refractivity contribution in [3.8, 4) is 5.75 Å². The molecular formula is C12H13NO2. The average molecular weight is 203 g/mol. The van der Waals surface area contributed by atoms with Crippen LogP contribution in [0.1, 0.15) is 29.5 Å². The lowest BCUT2D eigenvalue weighted by Crippen LogP contribution is -2.12. The van der Waals surface area contributed by atoms with E-state index in [4.69, 9.17) is 9.94 Å². The van der Waals surface area contributed by atoms with Crippen LogP contribution < -0.4 is 4.74 Å². The van der Waals surface area contributed by atoms with Gasteiger partial charge in [0.05, 0.1) is 12.3 Å². The van der Waals surface area contributed by atoms with Crippen molar-refractivity contribution >= 4 is 5.71 Å². The van der Waals surface area contributed by atoms with Crippen molar-refractivity contribution in [2.24, 2.45) is 5.16 Å². The summed E-state index contributed by atoms with van der Waals surface area (Å²) in [6.07, 6.45) is 4.03. The number of hydrogen-bond acceptors (Lipinski definition) is 3. The summed E-state index contributed by atoms with van der Waals surface area (Å²) < 4.78 is 5.52. The second-order valence-corrected chi connectivity index (χ2v) is 4.12. The maximum Gasteiger partial charge on any atom is 0.123 e. The summed E-state index contributed by atoms with van der Waals surface area (Å²) in [6, 6.07) is 4.24. The fraction of sp³-hybridized carbons (Fsp3) is 0.417. The fourth-order valence-electron chi connectivity index (χ4n) is 2.44. The van der Waals surface area contributed by atoms with Crippen LogP contribution in [-0.2, 0) is 12.8 Å². The Hall–Kier alpha value is -1.51. The predicted molar refractivity (Wildman–Crippen MR) is 56.9 cm³/mol. The molecule has 3 heteroatoms. The van der Waals surface area contributed by atoms with E-state index in [1.807, 2.05) is 6.07 Å².